The number of carbonyl (C=O) groups is 4. The quantitative estimate of drug-likeness (QED) is 0.0228. The van der Waals surface area contributed by atoms with E-state index in [0.29, 0.717) is 25.7 Å². The van der Waals surface area contributed by atoms with Crippen molar-refractivity contribution < 1.29 is 58.2 Å². The van der Waals surface area contributed by atoms with Gasteiger partial charge in [0.25, 0.3) is 0 Å². The highest BCUT2D eigenvalue weighted by atomic mass is 16.7. The van der Waals surface area contributed by atoms with Crippen molar-refractivity contribution in [2.24, 2.45) is 0 Å². The molecule has 1 saturated heterocycles. The molecule has 1 heterocycles. The van der Waals surface area contributed by atoms with Gasteiger partial charge >= 0.3 is 23.9 Å². The fourth-order valence-electron chi connectivity index (χ4n) is 7.94. The second-order valence-corrected chi connectivity index (χ2v) is 19.2. The molecule has 12 nitrogen and oxygen atoms in total. The van der Waals surface area contributed by atoms with Crippen molar-refractivity contribution in [3.05, 3.63) is 109 Å². The number of hydrogen-bond donors (Lipinski definition) is 3. The first kappa shape index (κ1) is 68.4. The van der Waals surface area contributed by atoms with Crippen LogP contribution in [0, 0.1) is 0 Å². The van der Waals surface area contributed by atoms with Crippen molar-refractivity contribution in [2.75, 3.05) is 13.2 Å². The van der Waals surface area contributed by atoms with E-state index in [4.69, 9.17) is 23.7 Å². The van der Waals surface area contributed by atoms with Crippen LogP contribution < -0.4 is 0 Å². The third kappa shape index (κ3) is 40.3. The molecular weight excluding hydrogens is 949 g/mol. The maximum absolute atomic E-state index is 13.1. The molecule has 12 heteroatoms. The number of esters is 3. The van der Waals surface area contributed by atoms with E-state index >= 15 is 0 Å². The lowest BCUT2D eigenvalue weighted by Crippen LogP contribution is -2.61. The van der Waals surface area contributed by atoms with Crippen molar-refractivity contribution in [2.45, 2.75) is 250 Å². The van der Waals surface area contributed by atoms with Gasteiger partial charge in [0.1, 0.15) is 18.8 Å². The van der Waals surface area contributed by atoms with Gasteiger partial charge in [-0.15, -0.1) is 0 Å². The first-order valence-corrected chi connectivity index (χ1v) is 28.9. The summed E-state index contributed by atoms with van der Waals surface area (Å²) < 4.78 is 28.3. The second kappa shape index (κ2) is 50.2. The van der Waals surface area contributed by atoms with Crippen LogP contribution in [0.1, 0.15) is 213 Å². The number of carboxylic acids is 1. The molecule has 0 aromatic heterocycles. The summed E-state index contributed by atoms with van der Waals surface area (Å²) in [6.07, 6.45) is 55.0. The van der Waals surface area contributed by atoms with E-state index in [9.17, 15) is 34.5 Å². The van der Waals surface area contributed by atoms with E-state index in [1.807, 2.05) is 12.2 Å². The number of aliphatic carboxylic acids is 1. The summed E-state index contributed by atoms with van der Waals surface area (Å²) in [5.41, 5.74) is 0. The number of ether oxygens (including phenoxy) is 5. The summed E-state index contributed by atoms with van der Waals surface area (Å²) in [5.74, 6) is -3.26. The van der Waals surface area contributed by atoms with Crippen molar-refractivity contribution in [3.8, 4) is 0 Å². The number of hydrogen-bond acceptors (Lipinski definition) is 11. The first-order chi connectivity index (χ1) is 36.6. The molecule has 0 spiro atoms. The zero-order valence-electron chi connectivity index (χ0n) is 46.5. The zero-order valence-corrected chi connectivity index (χ0v) is 46.5. The van der Waals surface area contributed by atoms with Crippen LogP contribution in [0.15, 0.2) is 109 Å². The van der Waals surface area contributed by atoms with E-state index in [0.717, 1.165) is 109 Å². The Labute approximate surface area is 453 Å². The Morgan fingerprint density at radius 2 is 0.853 bits per heavy atom. The van der Waals surface area contributed by atoms with Crippen molar-refractivity contribution in [1.29, 1.82) is 0 Å². The Morgan fingerprint density at radius 1 is 0.453 bits per heavy atom. The normalized spacial score (nSPS) is 19.0. The standard InChI is InChI=1S/C63H100O12/c1-4-7-10-13-16-19-22-25-27-28-30-33-36-39-42-45-48-51-57(66)74-61-59(68)58(67)60(62(69)70)75-63(61)72-53-54(73-56(65)50-47-44-41-38-35-31-24-21-18-15-12-9-6-3)52-71-55(64)49-46-43-40-37-34-32-29-26-23-20-17-14-11-8-5-2/h7,9-10,12,16,18-19,21,25-27,29-31,33,35,39,42,54,58-61,63,67-68H,4-6,8,11,13-15,17,20,22-24,28,32,34,36-38,40-41,43-53H2,1-3H3,(H,69,70)/b10-7-,12-9-,19-16-,21-18-,27-25-,29-26-,33-30-,35-31-,42-39-. The fourth-order valence-corrected chi connectivity index (χ4v) is 7.94. The van der Waals surface area contributed by atoms with Gasteiger partial charge in [-0.2, -0.15) is 0 Å². The number of allylic oxidation sites excluding steroid dienone is 18. The highest BCUT2D eigenvalue weighted by Crippen LogP contribution is 2.26. The minimum atomic E-state index is -1.93. The monoisotopic (exact) mass is 1050 g/mol. The molecule has 0 aromatic carbocycles. The van der Waals surface area contributed by atoms with Crippen molar-refractivity contribution in [3.63, 3.8) is 0 Å². The maximum atomic E-state index is 13.1. The zero-order chi connectivity index (χ0) is 54.7. The Balaban J connectivity index is 2.76. The van der Waals surface area contributed by atoms with Crippen LogP contribution in [0.3, 0.4) is 0 Å². The molecule has 0 aromatic rings. The number of rotatable bonds is 47. The average molecular weight is 1050 g/mol. The Hall–Kier alpha value is -4.62. The summed E-state index contributed by atoms with van der Waals surface area (Å²) in [4.78, 5) is 51.0. The van der Waals surface area contributed by atoms with Crippen LogP contribution in [0.4, 0.5) is 0 Å². The number of unbranched alkanes of at least 4 members (excludes halogenated alkanes) is 15. The molecule has 0 saturated carbocycles. The Bertz CT molecular complexity index is 1720. The van der Waals surface area contributed by atoms with E-state index in [1.54, 1.807) is 0 Å². The summed E-state index contributed by atoms with van der Waals surface area (Å²) in [5, 5.41) is 31.4. The molecule has 0 bridgehead atoms. The van der Waals surface area contributed by atoms with Gasteiger partial charge in [-0.25, -0.2) is 4.79 Å². The third-order valence-corrected chi connectivity index (χ3v) is 12.3. The molecule has 424 valence electrons. The van der Waals surface area contributed by atoms with Crippen LogP contribution in [-0.2, 0) is 42.9 Å². The van der Waals surface area contributed by atoms with E-state index in [-0.39, 0.29) is 25.9 Å². The van der Waals surface area contributed by atoms with Gasteiger partial charge in [0.15, 0.2) is 24.6 Å². The molecule has 1 aliphatic rings. The van der Waals surface area contributed by atoms with Crippen molar-refractivity contribution in [1.82, 2.24) is 0 Å². The molecule has 0 radical (unpaired) electrons. The first-order valence-electron chi connectivity index (χ1n) is 28.9. The highest BCUT2D eigenvalue weighted by Gasteiger charge is 2.50. The third-order valence-electron chi connectivity index (χ3n) is 12.3. The molecule has 75 heavy (non-hydrogen) atoms. The SMILES string of the molecule is CC/C=C\C/C=C\C/C=C\C/C=C\C/C=C\CCCC(=O)OC1C(OCC(COC(=O)CCCCCCC/C=C\CCCCCCCC)OC(=O)CCCCC/C=C\C/C=C\C/C=C\CC)OC(C(=O)O)C(O)C1O. The van der Waals surface area contributed by atoms with Gasteiger partial charge in [0.05, 0.1) is 6.61 Å². The van der Waals surface area contributed by atoms with Gasteiger partial charge in [-0.1, -0.05) is 188 Å². The minimum absolute atomic E-state index is 0.0274. The molecule has 3 N–H and O–H groups in total. The largest absolute Gasteiger partial charge is 0.479 e. The van der Waals surface area contributed by atoms with Crippen molar-refractivity contribution >= 4 is 23.9 Å². The summed E-state index contributed by atoms with van der Waals surface area (Å²) in [6.45, 7) is 5.68. The minimum Gasteiger partial charge on any atom is -0.479 e. The number of carboxylic acid groups (broad SMARTS) is 1. The lowest BCUT2D eigenvalue weighted by molar-refractivity contribution is -0.301. The van der Waals surface area contributed by atoms with Gasteiger partial charge in [-0.3, -0.25) is 14.4 Å². The van der Waals surface area contributed by atoms with Gasteiger partial charge in [0.2, 0.25) is 0 Å². The summed E-state index contributed by atoms with van der Waals surface area (Å²) >= 11 is 0. The summed E-state index contributed by atoms with van der Waals surface area (Å²) in [6, 6.07) is 0. The average Bonchev–Trinajstić information content (AvgIpc) is 3.39. The number of carbonyl (C=O) groups excluding carboxylic acids is 3. The molecule has 6 atom stereocenters. The number of aliphatic hydroxyl groups is 2. The van der Waals surface area contributed by atoms with E-state index in [1.165, 1.54) is 38.5 Å². The lowest BCUT2D eigenvalue weighted by atomic mass is 9.98. The molecule has 1 rings (SSSR count). The van der Waals surface area contributed by atoms with Crippen LogP contribution >= 0.6 is 0 Å². The molecule has 1 fully saturated rings. The Morgan fingerprint density at radius 3 is 1.35 bits per heavy atom. The topological polar surface area (TPSA) is 175 Å². The second-order valence-electron chi connectivity index (χ2n) is 19.2. The number of aliphatic hydroxyl groups excluding tert-OH is 2. The van der Waals surface area contributed by atoms with Gasteiger partial charge < -0.3 is 39.0 Å². The van der Waals surface area contributed by atoms with Gasteiger partial charge in [0, 0.05) is 19.3 Å². The molecule has 0 aliphatic carbocycles. The maximum Gasteiger partial charge on any atom is 0.335 e. The predicted octanol–water partition coefficient (Wildman–Crippen LogP) is 14.7. The lowest BCUT2D eigenvalue weighted by Gasteiger charge is -2.40. The Kier molecular flexibility index (Phi) is 45.8. The van der Waals surface area contributed by atoms with Crippen LogP contribution in [0.25, 0.3) is 0 Å². The van der Waals surface area contributed by atoms with E-state index in [2.05, 4.69) is 118 Å². The molecule has 1 aliphatic heterocycles. The van der Waals surface area contributed by atoms with Crippen LogP contribution in [-0.4, -0.2) is 89.2 Å². The molecule has 0 amide bonds. The van der Waals surface area contributed by atoms with Crippen LogP contribution in [0.5, 0.6) is 0 Å². The smallest absolute Gasteiger partial charge is 0.335 e. The van der Waals surface area contributed by atoms with Gasteiger partial charge in [-0.05, 0) is 116 Å². The molecular formula is C63H100O12. The van der Waals surface area contributed by atoms with E-state index < -0.39 is 67.3 Å². The highest BCUT2D eigenvalue weighted by molar-refractivity contribution is 5.74. The predicted molar refractivity (Wildman–Crippen MR) is 303 cm³/mol. The van der Waals surface area contributed by atoms with Crippen LogP contribution in [0.2, 0.25) is 0 Å². The molecule has 6 unspecified atom stereocenters. The fraction of sp³-hybridized carbons (Fsp3) is 0.651. The summed E-state index contributed by atoms with van der Waals surface area (Å²) in [7, 11) is 0.